The van der Waals surface area contributed by atoms with Crippen LogP contribution in [0.25, 0.3) is 0 Å². The number of nitrogens with one attached hydrogen (secondary N) is 1. The van der Waals surface area contributed by atoms with Gasteiger partial charge in [-0.25, -0.2) is 4.79 Å². The minimum atomic E-state index is -0.624. The zero-order chi connectivity index (χ0) is 19.6. The molecule has 1 aliphatic rings. The summed E-state index contributed by atoms with van der Waals surface area (Å²) in [4.78, 5) is 35.8. The van der Waals surface area contributed by atoms with Crippen LogP contribution in [0.1, 0.15) is 40.6 Å². The van der Waals surface area contributed by atoms with Crippen molar-refractivity contribution in [1.82, 2.24) is 9.78 Å². The first-order valence-corrected chi connectivity index (χ1v) is 9.45. The lowest BCUT2D eigenvalue weighted by molar-refractivity contribution is -0.389. The van der Waals surface area contributed by atoms with Crippen molar-refractivity contribution in [2.24, 2.45) is 5.92 Å². The van der Waals surface area contributed by atoms with Gasteiger partial charge in [-0.3, -0.25) is 4.79 Å². The van der Waals surface area contributed by atoms with Crippen LogP contribution >= 0.6 is 11.3 Å². The van der Waals surface area contributed by atoms with Crippen LogP contribution in [0.2, 0.25) is 0 Å². The predicted octanol–water partition coefficient (Wildman–Crippen LogP) is 2.79. The number of thiophene rings is 1. The number of nitro groups is 1. The standard InChI is InChI=1S/C17H20N4O5S/c1-3-10-4-5-11-12(8-10)27-16(15(11)17(23)26-2)18-14(22)9-20-7-6-13(19-20)21(24)25/h6-7,10H,3-5,8-9H2,1-2H3,(H,18,22)/t10-/m0/s1. The van der Waals surface area contributed by atoms with Gasteiger partial charge < -0.3 is 20.2 Å². The van der Waals surface area contributed by atoms with E-state index in [2.05, 4.69) is 17.3 Å². The zero-order valence-corrected chi connectivity index (χ0v) is 15.9. The predicted molar refractivity (Wildman–Crippen MR) is 99.0 cm³/mol. The van der Waals surface area contributed by atoms with E-state index in [-0.39, 0.29) is 12.4 Å². The molecule has 0 spiro atoms. The molecule has 1 aliphatic carbocycles. The summed E-state index contributed by atoms with van der Waals surface area (Å²) in [5, 5.41) is 17.6. The second-order valence-electron chi connectivity index (χ2n) is 6.39. The van der Waals surface area contributed by atoms with Gasteiger partial charge in [0, 0.05) is 4.88 Å². The van der Waals surface area contributed by atoms with Crippen LogP contribution in [-0.4, -0.2) is 33.7 Å². The Morgan fingerprint density at radius 1 is 1.52 bits per heavy atom. The lowest BCUT2D eigenvalue weighted by Gasteiger charge is -2.20. The average molecular weight is 392 g/mol. The highest BCUT2D eigenvalue weighted by atomic mass is 32.1. The third-order valence-electron chi connectivity index (χ3n) is 4.71. The summed E-state index contributed by atoms with van der Waals surface area (Å²) in [7, 11) is 1.32. The van der Waals surface area contributed by atoms with Crippen LogP contribution in [0.4, 0.5) is 10.8 Å². The maximum Gasteiger partial charge on any atom is 0.389 e. The van der Waals surface area contributed by atoms with Crippen molar-refractivity contribution in [1.29, 1.82) is 0 Å². The van der Waals surface area contributed by atoms with Crippen molar-refractivity contribution in [3.05, 3.63) is 38.4 Å². The fourth-order valence-electron chi connectivity index (χ4n) is 3.26. The number of fused-ring (bicyclic) bond motifs is 1. The molecule has 0 fully saturated rings. The van der Waals surface area contributed by atoms with Crippen molar-refractivity contribution in [2.75, 3.05) is 12.4 Å². The first-order valence-electron chi connectivity index (χ1n) is 8.63. The van der Waals surface area contributed by atoms with Crippen LogP contribution < -0.4 is 5.32 Å². The molecule has 1 N–H and O–H groups in total. The number of carbonyl (C=O) groups excluding carboxylic acids is 2. The molecule has 10 heteroatoms. The molecule has 0 radical (unpaired) electrons. The number of hydrogen-bond donors (Lipinski definition) is 1. The summed E-state index contributed by atoms with van der Waals surface area (Å²) in [6, 6.07) is 1.22. The van der Waals surface area contributed by atoms with Gasteiger partial charge in [0.15, 0.2) is 0 Å². The van der Waals surface area contributed by atoms with E-state index >= 15 is 0 Å². The fraction of sp³-hybridized carbons (Fsp3) is 0.471. The van der Waals surface area contributed by atoms with Gasteiger partial charge in [-0.05, 0) is 35.7 Å². The minimum Gasteiger partial charge on any atom is -0.465 e. The van der Waals surface area contributed by atoms with Crippen molar-refractivity contribution in [3.8, 4) is 0 Å². The molecule has 0 aromatic carbocycles. The molecule has 1 atom stereocenters. The quantitative estimate of drug-likeness (QED) is 0.459. The van der Waals surface area contributed by atoms with Gasteiger partial charge in [-0.15, -0.1) is 11.3 Å². The van der Waals surface area contributed by atoms with E-state index in [4.69, 9.17) is 4.74 Å². The number of esters is 1. The molecule has 0 aliphatic heterocycles. The smallest absolute Gasteiger partial charge is 0.389 e. The zero-order valence-electron chi connectivity index (χ0n) is 15.1. The van der Waals surface area contributed by atoms with Gasteiger partial charge in [-0.1, -0.05) is 13.3 Å². The van der Waals surface area contributed by atoms with Crippen molar-refractivity contribution in [2.45, 2.75) is 39.2 Å². The first kappa shape index (κ1) is 19.0. The van der Waals surface area contributed by atoms with Gasteiger partial charge in [0.05, 0.1) is 30.0 Å². The average Bonchev–Trinajstić information content (AvgIpc) is 3.24. The molecule has 2 heterocycles. The number of aromatic nitrogens is 2. The van der Waals surface area contributed by atoms with Crippen LogP contribution in [0.5, 0.6) is 0 Å². The highest BCUT2D eigenvalue weighted by molar-refractivity contribution is 7.17. The van der Waals surface area contributed by atoms with Crippen molar-refractivity contribution in [3.63, 3.8) is 0 Å². The largest absolute Gasteiger partial charge is 0.465 e. The molecule has 1 amide bonds. The number of amides is 1. The molecule has 144 valence electrons. The van der Waals surface area contributed by atoms with Gasteiger partial charge in [0.1, 0.15) is 11.5 Å². The Morgan fingerprint density at radius 3 is 2.93 bits per heavy atom. The first-order chi connectivity index (χ1) is 12.9. The summed E-state index contributed by atoms with van der Waals surface area (Å²) in [6.45, 7) is 1.96. The molecule has 3 rings (SSSR count). The summed E-state index contributed by atoms with van der Waals surface area (Å²) < 4.78 is 6.09. The third-order valence-corrected chi connectivity index (χ3v) is 5.88. The Morgan fingerprint density at radius 2 is 2.30 bits per heavy atom. The molecule has 0 bridgehead atoms. The van der Waals surface area contributed by atoms with E-state index in [0.717, 1.165) is 36.1 Å². The number of ether oxygens (including phenoxy) is 1. The van der Waals surface area contributed by atoms with Gasteiger partial charge in [-0.2, -0.15) is 4.68 Å². The van der Waals surface area contributed by atoms with E-state index in [0.29, 0.717) is 16.5 Å². The fourth-order valence-corrected chi connectivity index (χ4v) is 4.62. The molecule has 0 saturated carbocycles. The Balaban J connectivity index is 1.80. The van der Waals surface area contributed by atoms with Gasteiger partial charge >= 0.3 is 11.8 Å². The van der Waals surface area contributed by atoms with E-state index in [9.17, 15) is 19.7 Å². The third kappa shape index (κ3) is 4.00. The summed E-state index contributed by atoms with van der Waals surface area (Å²) in [5.74, 6) is -0.624. The number of rotatable bonds is 6. The molecule has 27 heavy (non-hydrogen) atoms. The van der Waals surface area contributed by atoms with Gasteiger partial charge in [0.25, 0.3) is 0 Å². The molecule has 2 aromatic heterocycles. The van der Waals surface area contributed by atoms with Crippen molar-refractivity contribution < 1.29 is 19.2 Å². The van der Waals surface area contributed by atoms with E-state index in [1.54, 1.807) is 0 Å². The Labute approximate surface area is 159 Å². The Bertz CT molecular complexity index is 888. The summed E-state index contributed by atoms with van der Waals surface area (Å²) >= 11 is 1.40. The molecule has 9 nitrogen and oxygen atoms in total. The van der Waals surface area contributed by atoms with E-state index < -0.39 is 16.8 Å². The number of methoxy groups -OCH3 is 1. The molecular weight excluding hydrogens is 372 g/mol. The van der Waals surface area contributed by atoms with Crippen LogP contribution in [0.15, 0.2) is 12.3 Å². The topological polar surface area (TPSA) is 116 Å². The highest BCUT2D eigenvalue weighted by Gasteiger charge is 2.29. The maximum atomic E-state index is 12.4. The second-order valence-corrected chi connectivity index (χ2v) is 7.50. The SMILES string of the molecule is CC[C@H]1CCc2c(sc(NC(=O)Cn3ccc([N+](=O)[O-])n3)c2C(=O)OC)C1. The summed E-state index contributed by atoms with van der Waals surface area (Å²) in [6.07, 6.45) is 5.13. The lowest BCUT2D eigenvalue weighted by Crippen LogP contribution is -2.20. The normalized spacial score (nSPS) is 15.9. The lowest BCUT2D eigenvalue weighted by atomic mass is 9.86. The Hall–Kier alpha value is -2.75. The number of nitrogens with zero attached hydrogens (tertiary/aromatic N) is 3. The number of hydrogen-bond acceptors (Lipinski definition) is 7. The monoisotopic (exact) mass is 392 g/mol. The second kappa shape index (κ2) is 7.87. The van der Waals surface area contributed by atoms with E-state index in [1.807, 2.05) is 0 Å². The number of carbonyl (C=O) groups is 2. The summed E-state index contributed by atoms with van der Waals surface area (Å²) in [5.41, 5.74) is 1.38. The molecular formula is C17H20N4O5S. The molecule has 0 saturated heterocycles. The van der Waals surface area contributed by atoms with Crippen LogP contribution in [0.3, 0.4) is 0 Å². The maximum absolute atomic E-state index is 12.4. The number of anilines is 1. The van der Waals surface area contributed by atoms with Crippen molar-refractivity contribution >= 4 is 34.0 Å². The molecule has 0 unspecified atom stereocenters. The Kier molecular flexibility index (Phi) is 5.54. The van der Waals surface area contributed by atoms with Crippen LogP contribution in [0, 0.1) is 16.0 Å². The molecule has 2 aromatic rings. The van der Waals surface area contributed by atoms with E-state index in [1.165, 1.54) is 35.4 Å². The minimum absolute atomic E-state index is 0.186. The highest BCUT2D eigenvalue weighted by Crippen LogP contribution is 2.40. The van der Waals surface area contributed by atoms with Gasteiger partial charge in [0.2, 0.25) is 5.91 Å². The van der Waals surface area contributed by atoms with Crippen LogP contribution in [-0.2, 0) is 28.9 Å².